The third-order valence-corrected chi connectivity index (χ3v) is 3.35. The summed E-state index contributed by atoms with van der Waals surface area (Å²) in [6.07, 6.45) is 2.25. The van der Waals surface area contributed by atoms with E-state index in [9.17, 15) is 10.1 Å². The van der Waals surface area contributed by atoms with Gasteiger partial charge in [-0.05, 0) is 25.0 Å². The van der Waals surface area contributed by atoms with Crippen LogP contribution in [0.1, 0.15) is 12.8 Å². The molecule has 2 rings (SSSR count). The van der Waals surface area contributed by atoms with Gasteiger partial charge in [0.2, 0.25) is 0 Å². The molecule has 0 amide bonds. The van der Waals surface area contributed by atoms with Crippen molar-refractivity contribution in [1.82, 2.24) is 0 Å². The normalized spacial score (nSPS) is 16.8. The summed E-state index contributed by atoms with van der Waals surface area (Å²) in [6.45, 7) is 1.77. The van der Waals surface area contributed by atoms with Gasteiger partial charge in [-0.3, -0.25) is 10.1 Å². The molecule has 0 atom stereocenters. The van der Waals surface area contributed by atoms with Gasteiger partial charge >= 0.3 is 0 Å². The van der Waals surface area contributed by atoms with Crippen LogP contribution in [0.15, 0.2) is 18.2 Å². The van der Waals surface area contributed by atoms with Gasteiger partial charge in [0.15, 0.2) is 0 Å². The van der Waals surface area contributed by atoms with Crippen molar-refractivity contribution in [1.29, 1.82) is 0 Å². The molecule has 0 radical (unpaired) electrons. The first-order valence-electron chi connectivity index (χ1n) is 5.93. The van der Waals surface area contributed by atoms with E-state index in [2.05, 4.69) is 4.90 Å². The van der Waals surface area contributed by atoms with E-state index in [1.165, 1.54) is 6.07 Å². The molecule has 0 spiro atoms. The Bertz CT molecular complexity index is 442. The average Bonchev–Trinajstić information content (AvgIpc) is 2.38. The van der Waals surface area contributed by atoms with Crippen LogP contribution >= 0.6 is 0 Å². The van der Waals surface area contributed by atoms with E-state index >= 15 is 0 Å². The number of methoxy groups -OCH3 is 1. The van der Waals surface area contributed by atoms with E-state index in [4.69, 9.17) is 10.5 Å². The summed E-state index contributed by atoms with van der Waals surface area (Å²) in [5.41, 5.74) is 6.80. The molecule has 1 saturated heterocycles. The van der Waals surface area contributed by atoms with Crippen molar-refractivity contribution < 1.29 is 9.66 Å². The van der Waals surface area contributed by atoms with E-state index in [0.29, 0.717) is 6.10 Å². The van der Waals surface area contributed by atoms with Gasteiger partial charge in [0.1, 0.15) is 5.69 Å². The number of nitrogens with zero attached hydrogens (tertiary/aromatic N) is 2. The van der Waals surface area contributed by atoms with E-state index in [1.54, 1.807) is 19.2 Å². The van der Waals surface area contributed by atoms with E-state index in [0.717, 1.165) is 31.6 Å². The summed E-state index contributed by atoms with van der Waals surface area (Å²) in [6, 6.07) is 4.89. The maximum atomic E-state index is 10.7. The number of anilines is 2. The van der Waals surface area contributed by atoms with Crippen molar-refractivity contribution in [3.8, 4) is 0 Å². The lowest BCUT2D eigenvalue weighted by atomic mass is 10.1. The number of nitrogens with two attached hydrogens (primary N) is 1. The highest BCUT2D eigenvalue weighted by Gasteiger charge is 2.20. The topological polar surface area (TPSA) is 81.6 Å². The molecule has 6 nitrogen and oxygen atoms in total. The maximum Gasteiger partial charge on any atom is 0.292 e. The zero-order valence-corrected chi connectivity index (χ0v) is 10.3. The van der Waals surface area contributed by atoms with Crippen molar-refractivity contribution in [3.63, 3.8) is 0 Å². The van der Waals surface area contributed by atoms with Crippen molar-refractivity contribution in [3.05, 3.63) is 28.3 Å². The fourth-order valence-corrected chi connectivity index (χ4v) is 2.25. The molecule has 0 aliphatic carbocycles. The Balaban J connectivity index is 2.11. The number of nitro benzene ring substituents is 1. The molecule has 1 heterocycles. The highest BCUT2D eigenvalue weighted by molar-refractivity contribution is 5.66. The number of benzene rings is 1. The minimum Gasteiger partial charge on any atom is -0.393 e. The first kappa shape index (κ1) is 12.6. The third-order valence-electron chi connectivity index (χ3n) is 3.35. The second-order valence-electron chi connectivity index (χ2n) is 4.42. The van der Waals surface area contributed by atoms with Gasteiger partial charge in [-0.15, -0.1) is 0 Å². The number of hydrogen-bond acceptors (Lipinski definition) is 5. The molecule has 1 aromatic rings. The number of ether oxygens (including phenoxy) is 1. The minimum absolute atomic E-state index is 0.0365. The van der Waals surface area contributed by atoms with Crippen LogP contribution < -0.4 is 10.6 Å². The maximum absolute atomic E-state index is 10.7. The lowest BCUT2D eigenvalue weighted by molar-refractivity contribution is -0.383. The lowest BCUT2D eigenvalue weighted by Gasteiger charge is -2.33. The third kappa shape index (κ3) is 2.53. The Labute approximate surface area is 105 Å². The van der Waals surface area contributed by atoms with Crippen LogP contribution in [0.4, 0.5) is 17.1 Å². The molecule has 6 heteroatoms. The Morgan fingerprint density at radius 3 is 2.61 bits per heavy atom. The second-order valence-corrected chi connectivity index (χ2v) is 4.42. The number of nitrogen functional groups attached to an aromatic ring is 1. The summed E-state index contributed by atoms with van der Waals surface area (Å²) < 4.78 is 5.31. The summed E-state index contributed by atoms with van der Waals surface area (Å²) in [5, 5.41) is 10.7. The average molecular weight is 251 g/mol. The summed E-state index contributed by atoms with van der Waals surface area (Å²) in [5.74, 6) is 0. The molecular formula is C12H17N3O3. The zero-order chi connectivity index (χ0) is 13.1. The van der Waals surface area contributed by atoms with Crippen LogP contribution in [0.5, 0.6) is 0 Å². The fraction of sp³-hybridized carbons (Fsp3) is 0.500. The molecule has 1 fully saturated rings. The van der Waals surface area contributed by atoms with Gasteiger partial charge in [-0.25, -0.2) is 0 Å². The molecule has 1 aliphatic heterocycles. The molecule has 0 unspecified atom stereocenters. The van der Waals surface area contributed by atoms with E-state index in [-0.39, 0.29) is 11.4 Å². The molecule has 0 saturated carbocycles. The molecule has 1 aromatic carbocycles. The predicted molar refractivity (Wildman–Crippen MR) is 69.8 cm³/mol. The molecule has 18 heavy (non-hydrogen) atoms. The molecule has 1 aliphatic rings. The molecule has 0 aromatic heterocycles. The number of nitro groups is 1. The Morgan fingerprint density at radius 2 is 2.11 bits per heavy atom. The van der Waals surface area contributed by atoms with Gasteiger partial charge in [-0.1, -0.05) is 0 Å². The number of hydrogen-bond donors (Lipinski definition) is 1. The standard InChI is InChI=1S/C12H17N3O3/c1-18-10-4-6-14(7-5-10)9-2-3-12(15(16)17)11(13)8-9/h2-3,8,10H,4-7,13H2,1H3. The Hall–Kier alpha value is -1.82. The summed E-state index contributed by atoms with van der Waals surface area (Å²) in [4.78, 5) is 12.4. The smallest absolute Gasteiger partial charge is 0.292 e. The van der Waals surface area contributed by atoms with Crippen LogP contribution in [0.2, 0.25) is 0 Å². The molecule has 98 valence electrons. The highest BCUT2D eigenvalue weighted by Crippen LogP contribution is 2.28. The van der Waals surface area contributed by atoms with Crippen molar-refractivity contribution in [2.45, 2.75) is 18.9 Å². The first-order valence-corrected chi connectivity index (χ1v) is 5.93. The monoisotopic (exact) mass is 251 g/mol. The highest BCUT2D eigenvalue weighted by atomic mass is 16.6. The molecule has 0 bridgehead atoms. The first-order chi connectivity index (χ1) is 8.61. The van der Waals surface area contributed by atoms with Gasteiger partial charge in [0.25, 0.3) is 5.69 Å². The largest absolute Gasteiger partial charge is 0.393 e. The van der Waals surface area contributed by atoms with Gasteiger partial charge in [0, 0.05) is 32.0 Å². The van der Waals surface area contributed by atoms with Crippen LogP contribution in [0.3, 0.4) is 0 Å². The predicted octanol–water partition coefficient (Wildman–Crippen LogP) is 1.79. The second kappa shape index (κ2) is 5.22. The molecule has 2 N–H and O–H groups in total. The van der Waals surface area contributed by atoms with Crippen LogP contribution in [0.25, 0.3) is 0 Å². The fourth-order valence-electron chi connectivity index (χ4n) is 2.25. The van der Waals surface area contributed by atoms with Gasteiger partial charge in [0.05, 0.1) is 11.0 Å². The summed E-state index contributed by atoms with van der Waals surface area (Å²) in [7, 11) is 1.73. The Kier molecular flexibility index (Phi) is 3.66. The number of rotatable bonds is 3. The van der Waals surface area contributed by atoms with Crippen molar-refractivity contribution >= 4 is 17.1 Å². The van der Waals surface area contributed by atoms with Gasteiger partial charge in [-0.2, -0.15) is 0 Å². The zero-order valence-electron chi connectivity index (χ0n) is 10.3. The number of piperidine rings is 1. The SMILES string of the molecule is COC1CCN(c2ccc([N+](=O)[O-])c(N)c2)CC1. The van der Waals surface area contributed by atoms with Crippen molar-refractivity contribution in [2.75, 3.05) is 30.8 Å². The Morgan fingerprint density at radius 1 is 1.44 bits per heavy atom. The quantitative estimate of drug-likeness (QED) is 0.503. The van der Waals surface area contributed by atoms with Crippen LogP contribution in [0, 0.1) is 10.1 Å². The minimum atomic E-state index is -0.462. The van der Waals surface area contributed by atoms with Crippen molar-refractivity contribution in [2.24, 2.45) is 0 Å². The van der Waals surface area contributed by atoms with Crippen LogP contribution in [-0.4, -0.2) is 31.2 Å². The molecular weight excluding hydrogens is 234 g/mol. The van der Waals surface area contributed by atoms with E-state index in [1.807, 2.05) is 0 Å². The van der Waals surface area contributed by atoms with Crippen LogP contribution in [-0.2, 0) is 4.74 Å². The lowest BCUT2D eigenvalue weighted by Crippen LogP contribution is -2.36. The van der Waals surface area contributed by atoms with E-state index < -0.39 is 4.92 Å². The van der Waals surface area contributed by atoms with Gasteiger partial charge < -0.3 is 15.4 Å². The summed E-state index contributed by atoms with van der Waals surface area (Å²) >= 11 is 0.